The molecule has 1 unspecified atom stereocenters. The molecule has 1 aliphatic heterocycles. The van der Waals surface area contributed by atoms with Crippen LogP contribution in [-0.4, -0.2) is 42.2 Å². The minimum Gasteiger partial charge on any atom is -0.480 e. The lowest BCUT2D eigenvalue weighted by Gasteiger charge is -2.29. The van der Waals surface area contributed by atoms with Gasteiger partial charge in [-0.25, -0.2) is 0 Å². The van der Waals surface area contributed by atoms with Crippen LogP contribution in [0, 0.1) is 20.8 Å². The molecule has 1 aliphatic rings. The average molecular weight is 276 g/mol. The molecule has 0 radical (unpaired) electrons. The van der Waals surface area contributed by atoms with E-state index >= 15 is 0 Å². The number of carboxylic acids is 1. The van der Waals surface area contributed by atoms with E-state index in [1.165, 1.54) is 5.56 Å². The molecule has 1 aromatic carbocycles. The predicted octanol–water partition coefficient (Wildman–Crippen LogP) is 2.03. The first-order valence-electron chi connectivity index (χ1n) is 7.26. The SMILES string of the molecule is Cc1cc(C)c(C(C(=O)O)N2CCCNCC2)c(C)c1. The van der Waals surface area contributed by atoms with Gasteiger partial charge in [-0.1, -0.05) is 17.7 Å². The summed E-state index contributed by atoms with van der Waals surface area (Å²) in [7, 11) is 0. The highest BCUT2D eigenvalue weighted by Crippen LogP contribution is 2.29. The molecule has 110 valence electrons. The molecule has 0 saturated carbocycles. The van der Waals surface area contributed by atoms with Gasteiger partial charge in [0.25, 0.3) is 0 Å². The summed E-state index contributed by atoms with van der Waals surface area (Å²) in [5.74, 6) is -0.748. The molecule has 4 nitrogen and oxygen atoms in total. The number of carbonyl (C=O) groups is 1. The molecule has 0 aliphatic carbocycles. The third-order valence-electron chi connectivity index (χ3n) is 3.99. The van der Waals surface area contributed by atoms with Gasteiger partial charge in [-0.05, 0) is 50.4 Å². The maximum atomic E-state index is 11.8. The Labute approximate surface area is 120 Å². The van der Waals surface area contributed by atoms with E-state index in [1.807, 2.05) is 13.8 Å². The molecule has 0 amide bonds. The molecule has 0 aromatic heterocycles. The van der Waals surface area contributed by atoms with E-state index in [0.717, 1.165) is 49.3 Å². The van der Waals surface area contributed by atoms with Gasteiger partial charge in [-0.15, -0.1) is 0 Å². The van der Waals surface area contributed by atoms with E-state index in [9.17, 15) is 9.90 Å². The molecule has 2 rings (SSSR count). The summed E-state index contributed by atoms with van der Waals surface area (Å²) in [4.78, 5) is 13.9. The molecular formula is C16H24N2O2. The van der Waals surface area contributed by atoms with Crippen LogP contribution in [0.15, 0.2) is 12.1 Å². The topological polar surface area (TPSA) is 52.6 Å². The van der Waals surface area contributed by atoms with Gasteiger partial charge in [0.05, 0.1) is 0 Å². The highest BCUT2D eigenvalue weighted by Gasteiger charge is 2.30. The van der Waals surface area contributed by atoms with Crippen molar-refractivity contribution in [1.82, 2.24) is 10.2 Å². The Morgan fingerprint density at radius 1 is 1.20 bits per heavy atom. The minimum absolute atomic E-state index is 0.532. The van der Waals surface area contributed by atoms with Crippen molar-refractivity contribution in [3.8, 4) is 0 Å². The number of aryl methyl sites for hydroxylation is 3. The van der Waals surface area contributed by atoms with E-state index in [1.54, 1.807) is 0 Å². The van der Waals surface area contributed by atoms with Gasteiger partial charge in [0.2, 0.25) is 0 Å². The summed E-state index contributed by atoms with van der Waals surface area (Å²) in [6.07, 6.45) is 0.994. The first-order chi connectivity index (χ1) is 9.50. The number of nitrogens with zero attached hydrogens (tertiary/aromatic N) is 1. The molecule has 0 spiro atoms. The Kier molecular flexibility index (Phi) is 4.78. The number of benzene rings is 1. The van der Waals surface area contributed by atoms with Crippen LogP contribution in [0.4, 0.5) is 0 Å². The van der Waals surface area contributed by atoms with E-state index in [4.69, 9.17) is 0 Å². The summed E-state index contributed by atoms with van der Waals surface area (Å²) in [6.45, 7) is 9.51. The van der Waals surface area contributed by atoms with Crippen LogP contribution in [0.5, 0.6) is 0 Å². The third-order valence-corrected chi connectivity index (χ3v) is 3.99. The lowest BCUT2D eigenvalue weighted by Crippen LogP contribution is -2.37. The van der Waals surface area contributed by atoms with Gasteiger partial charge >= 0.3 is 5.97 Å². The molecule has 1 heterocycles. The van der Waals surface area contributed by atoms with Crippen molar-refractivity contribution in [2.75, 3.05) is 26.2 Å². The number of hydrogen-bond acceptors (Lipinski definition) is 3. The highest BCUT2D eigenvalue weighted by atomic mass is 16.4. The van der Waals surface area contributed by atoms with Crippen molar-refractivity contribution in [3.63, 3.8) is 0 Å². The van der Waals surface area contributed by atoms with Crippen LogP contribution >= 0.6 is 0 Å². The molecule has 1 saturated heterocycles. The quantitative estimate of drug-likeness (QED) is 0.887. The fourth-order valence-corrected chi connectivity index (χ4v) is 3.21. The fourth-order valence-electron chi connectivity index (χ4n) is 3.21. The Morgan fingerprint density at radius 3 is 2.45 bits per heavy atom. The number of nitrogens with one attached hydrogen (secondary N) is 1. The lowest BCUT2D eigenvalue weighted by molar-refractivity contribution is -0.143. The van der Waals surface area contributed by atoms with Gasteiger partial charge in [0, 0.05) is 19.6 Å². The Hall–Kier alpha value is -1.39. The van der Waals surface area contributed by atoms with E-state index < -0.39 is 12.0 Å². The van der Waals surface area contributed by atoms with Crippen molar-refractivity contribution in [1.29, 1.82) is 0 Å². The molecule has 1 aromatic rings. The normalized spacial score (nSPS) is 18.6. The Morgan fingerprint density at radius 2 is 1.85 bits per heavy atom. The molecule has 1 fully saturated rings. The predicted molar refractivity (Wildman–Crippen MR) is 80.1 cm³/mol. The second-order valence-electron chi connectivity index (χ2n) is 5.69. The smallest absolute Gasteiger partial charge is 0.325 e. The maximum Gasteiger partial charge on any atom is 0.325 e. The summed E-state index contributed by atoms with van der Waals surface area (Å²) < 4.78 is 0. The van der Waals surface area contributed by atoms with Gasteiger partial charge in [0.1, 0.15) is 6.04 Å². The second-order valence-corrected chi connectivity index (χ2v) is 5.69. The third kappa shape index (κ3) is 3.19. The minimum atomic E-state index is -0.748. The van der Waals surface area contributed by atoms with Crippen LogP contribution in [0.2, 0.25) is 0 Å². The molecular weight excluding hydrogens is 252 g/mol. The molecule has 2 N–H and O–H groups in total. The van der Waals surface area contributed by atoms with Crippen LogP contribution in [0.1, 0.15) is 34.7 Å². The van der Waals surface area contributed by atoms with Gasteiger partial charge in [-0.2, -0.15) is 0 Å². The van der Waals surface area contributed by atoms with Crippen molar-refractivity contribution < 1.29 is 9.90 Å². The van der Waals surface area contributed by atoms with Crippen molar-refractivity contribution in [2.45, 2.75) is 33.2 Å². The van der Waals surface area contributed by atoms with Crippen molar-refractivity contribution in [3.05, 3.63) is 34.4 Å². The highest BCUT2D eigenvalue weighted by molar-refractivity contribution is 5.77. The lowest BCUT2D eigenvalue weighted by atomic mass is 9.93. The molecule has 0 bridgehead atoms. The number of rotatable bonds is 3. The summed E-state index contributed by atoms with van der Waals surface area (Å²) >= 11 is 0. The largest absolute Gasteiger partial charge is 0.480 e. The molecule has 20 heavy (non-hydrogen) atoms. The summed E-state index contributed by atoms with van der Waals surface area (Å²) in [5.41, 5.74) is 4.30. The van der Waals surface area contributed by atoms with E-state index in [2.05, 4.69) is 29.3 Å². The number of carboxylic acid groups (broad SMARTS) is 1. The van der Waals surface area contributed by atoms with Crippen LogP contribution in [0.3, 0.4) is 0 Å². The van der Waals surface area contributed by atoms with Crippen molar-refractivity contribution >= 4 is 5.97 Å². The average Bonchev–Trinajstić information content (AvgIpc) is 2.61. The van der Waals surface area contributed by atoms with Gasteiger partial charge in [-0.3, -0.25) is 9.69 Å². The Balaban J connectivity index is 2.40. The number of hydrogen-bond donors (Lipinski definition) is 2. The van der Waals surface area contributed by atoms with Crippen LogP contribution in [0.25, 0.3) is 0 Å². The monoisotopic (exact) mass is 276 g/mol. The first kappa shape index (κ1) is 15.0. The van der Waals surface area contributed by atoms with Crippen molar-refractivity contribution in [2.24, 2.45) is 0 Å². The summed E-state index contributed by atoms with van der Waals surface area (Å²) in [5, 5.41) is 13.1. The van der Waals surface area contributed by atoms with E-state index in [0.29, 0.717) is 0 Å². The van der Waals surface area contributed by atoms with Gasteiger partial charge < -0.3 is 10.4 Å². The second kappa shape index (κ2) is 6.37. The standard InChI is InChI=1S/C16H24N2O2/c1-11-9-12(2)14(13(3)10-11)15(16(19)20)18-7-4-5-17-6-8-18/h9-10,15,17H,4-8H2,1-3H3,(H,19,20). The first-order valence-corrected chi connectivity index (χ1v) is 7.26. The van der Waals surface area contributed by atoms with Crippen LogP contribution < -0.4 is 5.32 Å². The zero-order valence-electron chi connectivity index (χ0n) is 12.6. The summed E-state index contributed by atoms with van der Waals surface area (Å²) in [6, 6.07) is 3.62. The fraction of sp³-hybridized carbons (Fsp3) is 0.562. The van der Waals surface area contributed by atoms with Gasteiger partial charge in [0.15, 0.2) is 0 Å². The molecule has 1 atom stereocenters. The Bertz CT molecular complexity index is 468. The zero-order chi connectivity index (χ0) is 14.7. The maximum absolute atomic E-state index is 11.8. The number of aliphatic carboxylic acids is 1. The van der Waals surface area contributed by atoms with Crippen LogP contribution in [-0.2, 0) is 4.79 Å². The molecule has 4 heteroatoms. The zero-order valence-corrected chi connectivity index (χ0v) is 12.6. The van der Waals surface area contributed by atoms with E-state index in [-0.39, 0.29) is 0 Å².